The van der Waals surface area contributed by atoms with Gasteiger partial charge in [-0.1, -0.05) is 29.8 Å². The molecule has 0 spiro atoms. The lowest BCUT2D eigenvalue weighted by Gasteiger charge is -2.09. The Labute approximate surface area is 176 Å². The Morgan fingerprint density at radius 3 is 2.52 bits per heavy atom. The Balaban J connectivity index is 1.78. The number of nitrogens with zero attached hydrogens (tertiary/aromatic N) is 1. The van der Waals surface area contributed by atoms with E-state index in [1.807, 2.05) is 12.1 Å². The van der Waals surface area contributed by atoms with Gasteiger partial charge in [0.1, 0.15) is 16.3 Å². The number of carbonyl (C=O) groups excluding carboxylic acids is 2. The SMILES string of the molecule is COC(=O)c1c(-c2ccccc2Cl)csc1NC(=O)COc1ccc(C#N)cc1. The molecule has 0 fully saturated rings. The average Bonchev–Trinajstić information content (AvgIpc) is 3.15. The number of hydrogen-bond donors (Lipinski definition) is 1. The van der Waals surface area contributed by atoms with Gasteiger partial charge in [-0.2, -0.15) is 5.26 Å². The van der Waals surface area contributed by atoms with E-state index in [0.717, 1.165) is 0 Å². The van der Waals surface area contributed by atoms with Crippen molar-refractivity contribution >= 4 is 39.8 Å². The first-order valence-electron chi connectivity index (χ1n) is 8.41. The Morgan fingerprint density at radius 2 is 1.86 bits per heavy atom. The van der Waals surface area contributed by atoms with E-state index in [0.29, 0.717) is 32.5 Å². The van der Waals surface area contributed by atoms with Crippen LogP contribution in [0.4, 0.5) is 5.00 Å². The molecule has 2 aromatic carbocycles. The second-order valence-corrected chi connectivity index (χ2v) is 7.08. The number of hydrogen-bond acceptors (Lipinski definition) is 6. The quantitative estimate of drug-likeness (QED) is 0.575. The summed E-state index contributed by atoms with van der Waals surface area (Å²) in [4.78, 5) is 24.7. The fraction of sp³-hybridized carbons (Fsp3) is 0.0952. The van der Waals surface area contributed by atoms with Crippen molar-refractivity contribution in [1.82, 2.24) is 0 Å². The van der Waals surface area contributed by atoms with Crippen LogP contribution in [0.3, 0.4) is 0 Å². The van der Waals surface area contributed by atoms with Crippen LogP contribution in [-0.4, -0.2) is 25.6 Å². The minimum absolute atomic E-state index is 0.234. The molecule has 0 radical (unpaired) electrons. The van der Waals surface area contributed by atoms with E-state index >= 15 is 0 Å². The highest BCUT2D eigenvalue weighted by Gasteiger charge is 2.23. The van der Waals surface area contributed by atoms with Crippen LogP contribution in [0.25, 0.3) is 11.1 Å². The first-order chi connectivity index (χ1) is 14.0. The molecule has 3 rings (SSSR count). The summed E-state index contributed by atoms with van der Waals surface area (Å²) >= 11 is 7.45. The van der Waals surface area contributed by atoms with Crippen molar-refractivity contribution in [1.29, 1.82) is 5.26 Å². The molecular weight excluding hydrogens is 412 g/mol. The summed E-state index contributed by atoms with van der Waals surface area (Å²) in [7, 11) is 1.27. The molecule has 0 aliphatic heterocycles. The maximum absolute atomic E-state index is 12.4. The molecule has 0 aliphatic rings. The molecule has 6 nitrogen and oxygen atoms in total. The van der Waals surface area contributed by atoms with Crippen molar-refractivity contribution in [3.8, 4) is 22.9 Å². The van der Waals surface area contributed by atoms with Gasteiger partial charge in [0, 0.05) is 21.5 Å². The van der Waals surface area contributed by atoms with Gasteiger partial charge in [-0.3, -0.25) is 4.79 Å². The van der Waals surface area contributed by atoms with Gasteiger partial charge in [-0.05, 0) is 30.3 Å². The highest BCUT2D eigenvalue weighted by molar-refractivity contribution is 7.15. The van der Waals surface area contributed by atoms with E-state index in [2.05, 4.69) is 5.32 Å². The van der Waals surface area contributed by atoms with Crippen LogP contribution in [0.1, 0.15) is 15.9 Å². The molecule has 146 valence electrons. The molecule has 0 saturated heterocycles. The molecule has 1 amide bonds. The minimum Gasteiger partial charge on any atom is -0.484 e. The van der Waals surface area contributed by atoms with Crippen LogP contribution in [0.15, 0.2) is 53.9 Å². The zero-order chi connectivity index (χ0) is 20.8. The third kappa shape index (κ3) is 4.74. The van der Waals surface area contributed by atoms with Gasteiger partial charge < -0.3 is 14.8 Å². The molecule has 1 heterocycles. The summed E-state index contributed by atoms with van der Waals surface area (Å²) in [6, 6.07) is 15.5. The third-order valence-corrected chi connectivity index (χ3v) is 5.18. The lowest BCUT2D eigenvalue weighted by atomic mass is 10.0. The number of carbonyl (C=O) groups is 2. The van der Waals surface area contributed by atoms with Crippen molar-refractivity contribution in [3.63, 3.8) is 0 Å². The summed E-state index contributed by atoms with van der Waals surface area (Å²) < 4.78 is 10.3. The highest BCUT2D eigenvalue weighted by atomic mass is 35.5. The molecule has 8 heteroatoms. The van der Waals surface area contributed by atoms with Gasteiger partial charge in [-0.25, -0.2) is 4.79 Å². The molecule has 0 unspecified atom stereocenters. The number of methoxy groups -OCH3 is 1. The molecular formula is C21H15ClN2O4S. The van der Waals surface area contributed by atoms with E-state index in [1.165, 1.54) is 18.4 Å². The molecule has 0 bridgehead atoms. The van der Waals surface area contributed by atoms with Crippen molar-refractivity contribution in [2.75, 3.05) is 19.0 Å². The number of nitrogens with one attached hydrogen (secondary N) is 1. The van der Waals surface area contributed by atoms with Crippen LogP contribution < -0.4 is 10.1 Å². The van der Waals surface area contributed by atoms with E-state index in [-0.39, 0.29) is 12.2 Å². The fourth-order valence-corrected chi connectivity index (χ4v) is 3.77. The van der Waals surface area contributed by atoms with E-state index < -0.39 is 11.9 Å². The molecule has 0 saturated carbocycles. The number of ether oxygens (including phenoxy) is 2. The van der Waals surface area contributed by atoms with Crippen molar-refractivity contribution < 1.29 is 19.1 Å². The molecule has 1 N–H and O–H groups in total. The van der Waals surface area contributed by atoms with Gasteiger partial charge in [0.2, 0.25) is 0 Å². The predicted octanol–water partition coefficient (Wildman–Crippen LogP) is 4.74. The van der Waals surface area contributed by atoms with Crippen molar-refractivity contribution in [3.05, 3.63) is 70.1 Å². The van der Waals surface area contributed by atoms with E-state index in [9.17, 15) is 9.59 Å². The molecule has 29 heavy (non-hydrogen) atoms. The summed E-state index contributed by atoms with van der Waals surface area (Å²) in [5.41, 5.74) is 1.98. The van der Waals surface area contributed by atoms with Gasteiger partial charge in [0.15, 0.2) is 6.61 Å². The van der Waals surface area contributed by atoms with Crippen molar-refractivity contribution in [2.45, 2.75) is 0 Å². The smallest absolute Gasteiger partial charge is 0.341 e. The summed E-state index contributed by atoms with van der Waals surface area (Å²) in [5.74, 6) is -0.563. The van der Waals surface area contributed by atoms with Crippen LogP contribution in [0.2, 0.25) is 5.02 Å². The minimum atomic E-state index is -0.579. The molecule has 1 aromatic heterocycles. The molecule has 0 aliphatic carbocycles. The summed E-state index contributed by atoms with van der Waals surface area (Å²) in [6.07, 6.45) is 0. The average molecular weight is 427 g/mol. The lowest BCUT2D eigenvalue weighted by Crippen LogP contribution is -2.21. The second kappa shape index (κ2) is 9.24. The maximum atomic E-state index is 12.4. The Morgan fingerprint density at radius 1 is 1.14 bits per heavy atom. The Kier molecular flexibility index (Phi) is 6.50. The van der Waals surface area contributed by atoms with E-state index in [1.54, 1.807) is 47.8 Å². The van der Waals surface area contributed by atoms with Gasteiger partial charge in [0.05, 0.1) is 18.7 Å². The van der Waals surface area contributed by atoms with Crippen LogP contribution in [0, 0.1) is 11.3 Å². The summed E-state index contributed by atoms with van der Waals surface area (Å²) in [6.45, 7) is -0.258. The Bertz CT molecular complexity index is 1090. The first kappa shape index (κ1) is 20.4. The number of thiophene rings is 1. The lowest BCUT2D eigenvalue weighted by molar-refractivity contribution is -0.118. The maximum Gasteiger partial charge on any atom is 0.341 e. The zero-order valence-electron chi connectivity index (χ0n) is 15.3. The van der Waals surface area contributed by atoms with Crippen LogP contribution >= 0.6 is 22.9 Å². The number of anilines is 1. The standard InChI is InChI=1S/C21H15ClN2O4S/c1-27-21(26)19-16(15-4-2-3-5-17(15)22)12-29-20(19)24-18(25)11-28-14-8-6-13(10-23)7-9-14/h2-9,12H,11H2,1H3,(H,24,25). The Hall–Kier alpha value is -3.34. The second-order valence-electron chi connectivity index (χ2n) is 5.80. The van der Waals surface area contributed by atoms with Crippen LogP contribution in [0.5, 0.6) is 5.75 Å². The number of nitriles is 1. The number of benzene rings is 2. The number of esters is 1. The third-order valence-electron chi connectivity index (χ3n) is 3.95. The fourth-order valence-electron chi connectivity index (χ4n) is 2.57. The van der Waals surface area contributed by atoms with Crippen LogP contribution in [-0.2, 0) is 9.53 Å². The number of halogens is 1. The largest absolute Gasteiger partial charge is 0.484 e. The normalized spacial score (nSPS) is 10.1. The highest BCUT2D eigenvalue weighted by Crippen LogP contribution is 2.39. The zero-order valence-corrected chi connectivity index (χ0v) is 16.8. The van der Waals surface area contributed by atoms with Gasteiger partial charge in [0.25, 0.3) is 5.91 Å². The predicted molar refractivity (Wildman–Crippen MR) is 111 cm³/mol. The number of rotatable bonds is 6. The first-order valence-corrected chi connectivity index (χ1v) is 9.66. The topological polar surface area (TPSA) is 88.4 Å². The monoisotopic (exact) mass is 426 g/mol. The van der Waals surface area contributed by atoms with Gasteiger partial charge in [-0.15, -0.1) is 11.3 Å². The number of amides is 1. The van der Waals surface area contributed by atoms with Crippen molar-refractivity contribution in [2.24, 2.45) is 0 Å². The molecule has 0 atom stereocenters. The summed E-state index contributed by atoms with van der Waals surface area (Å²) in [5, 5.41) is 14.1. The van der Waals surface area contributed by atoms with E-state index in [4.69, 9.17) is 26.3 Å². The van der Waals surface area contributed by atoms with Gasteiger partial charge >= 0.3 is 5.97 Å². The molecule has 3 aromatic rings.